The molecule has 2 heterocycles. The van der Waals surface area contributed by atoms with Crippen LogP contribution in [0.2, 0.25) is 0 Å². The summed E-state index contributed by atoms with van der Waals surface area (Å²) in [6.07, 6.45) is 4.36. The van der Waals surface area contributed by atoms with Crippen LogP contribution in [0.3, 0.4) is 0 Å². The lowest BCUT2D eigenvalue weighted by atomic mass is 9.94. The molecule has 1 aromatic carbocycles. The molecular formula is C20H34Br2NO4+. The molecule has 156 valence electrons. The molecule has 0 aliphatic carbocycles. The van der Waals surface area contributed by atoms with Gasteiger partial charge in [0.05, 0.1) is 31.8 Å². The molecule has 0 aromatic heterocycles. The Morgan fingerprint density at radius 3 is 2.11 bits per heavy atom. The summed E-state index contributed by atoms with van der Waals surface area (Å²) in [6.45, 7) is 4.39. The number of piperidine rings is 1. The molecular weight excluding hydrogens is 478 g/mol. The number of aliphatic hydroxyl groups excluding tert-OH is 1. The van der Waals surface area contributed by atoms with E-state index in [2.05, 4.69) is 20.9 Å². The van der Waals surface area contributed by atoms with E-state index in [9.17, 15) is 9.90 Å². The zero-order valence-corrected chi connectivity index (χ0v) is 19.8. The van der Waals surface area contributed by atoms with E-state index >= 15 is 0 Å². The van der Waals surface area contributed by atoms with Crippen LogP contribution in [0.15, 0.2) is 30.3 Å². The number of aliphatic hydroxyl groups is 1. The molecule has 0 amide bonds. The van der Waals surface area contributed by atoms with Crippen molar-refractivity contribution in [2.45, 2.75) is 69.7 Å². The van der Waals surface area contributed by atoms with Gasteiger partial charge in [-0.15, -0.1) is 34.0 Å². The molecule has 5 atom stereocenters. The highest BCUT2D eigenvalue weighted by atomic mass is 79.9. The fourth-order valence-corrected chi connectivity index (χ4v) is 4.82. The van der Waals surface area contributed by atoms with Crippen LogP contribution in [-0.4, -0.2) is 58.9 Å². The van der Waals surface area contributed by atoms with E-state index in [0.717, 1.165) is 22.9 Å². The summed E-state index contributed by atoms with van der Waals surface area (Å²) in [6, 6.07) is 11.2. The first-order valence-electron chi connectivity index (χ1n) is 9.18. The van der Waals surface area contributed by atoms with Gasteiger partial charge in [0, 0.05) is 25.7 Å². The molecule has 7 heteroatoms. The van der Waals surface area contributed by atoms with Crippen LogP contribution >= 0.6 is 34.0 Å². The number of hydrogen-bond acceptors (Lipinski definition) is 3. The van der Waals surface area contributed by atoms with Gasteiger partial charge in [-0.05, 0) is 19.4 Å². The number of rotatable bonds is 5. The second-order valence-electron chi connectivity index (χ2n) is 7.88. The third kappa shape index (κ3) is 5.12. The minimum Gasteiger partial charge on any atom is -0.461 e. The summed E-state index contributed by atoms with van der Waals surface area (Å²) < 4.78 is 6.96. The first-order chi connectivity index (χ1) is 11.5. The minimum atomic E-state index is -0.572. The highest BCUT2D eigenvalue weighted by Gasteiger charge is 2.53. The van der Waals surface area contributed by atoms with E-state index < -0.39 is 5.92 Å². The van der Waals surface area contributed by atoms with E-state index in [0.29, 0.717) is 18.1 Å². The molecule has 0 radical (unpaired) electrons. The van der Waals surface area contributed by atoms with E-state index in [1.807, 2.05) is 30.3 Å². The summed E-state index contributed by atoms with van der Waals surface area (Å²) in [4.78, 5) is 12.6. The number of esters is 1. The molecule has 0 spiro atoms. The normalized spacial score (nSPS) is 29.7. The van der Waals surface area contributed by atoms with Crippen molar-refractivity contribution >= 4 is 39.9 Å². The van der Waals surface area contributed by atoms with Gasteiger partial charge in [0.25, 0.3) is 0 Å². The third-order valence-corrected chi connectivity index (χ3v) is 6.54. The van der Waals surface area contributed by atoms with E-state index in [1.165, 1.54) is 12.8 Å². The van der Waals surface area contributed by atoms with Crippen LogP contribution in [0, 0.1) is 0 Å². The van der Waals surface area contributed by atoms with Crippen molar-refractivity contribution in [3.63, 3.8) is 0 Å². The molecule has 27 heavy (non-hydrogen) atoms. The van der Waals surface area contributed by atoms with Gasteiger partial charge in [-0.25, -0.2) is 0 Å². The lowest BCUT2D eigenvalue weighted by molar-refractivity contribution is -0.968. The Bertz CT molecular complexity index is 571. The van der Waals surface area contributed by atoms with Crippen molar-refractivity contribution in [1.82, 2.24) is 0 Å². The largest absolute Gasteiger partial charge is 0.461 e. The van der Waals surface area contributed by atoms with Crippen LogP contribution in [0.1, 0.15) is 51.0 Å². The summed E-state index contributed by atoms with van der Waals surface area (Å²) in [5.41, 5.74) is 0.826. The monoisotopic (exact) mass is 510 g/mol. The molecule has 2 saturated heterocycles. The number of fused-ring (bicyclic) bond motifs is 2. The Morgan fingerprint density at radius 2 is 1.67 bits per heavy atom. The van der Waals surface area contributed by atoms with Crippen molar-refractivity contribution in [3.05, 3.63) is 35.9 Å². The number of halogens is 2. The van der Waals surface area contributed by atoms with Crippen molar-refractivity contribution in [2.24, 2.45) is 0 Å². The van der Waals surface area contributed by atoms with Gasteiger partial charge in [0.15, 0.2) is 0 Å². The van der Waals surface area contributed by atoms with Gasteiger partial charge in [-0.2, -0.15) is 0 Å². The molecule has 3 N–H and O–H groups in total. The Kier molecular flexibility index (Phi) is 10.7. The average molecular weight is 512 g/mol. The quantitative estimate of drug-likeness (QED) is 0.487. The fraction of sp³-hybridized carbons (Fsp3) is 0.650. The summed E-state index contributed by atoms with van der Waals surface area (Å²) in [7, 11) is 2.37. The van der Waals surface area contributed by atoms with Gasteiger partial charge in [-0.1, -0.05) is 30.3 Å². The van der Waals surface area contributed by atoms with Gasteiger partial charge in [0.1, 0.15) is 12.0 Å². The van der Waals surface area contributed by atoms with E-state index in [1.54, 1.807) is 0 Å². The Morgan fingerprint density at radius 1 is 1.15 bits per heavy atom. The van der Waals surface area contributed by atoms with Crippen LogP contribution in [0.25, 0.3) is 0 Å². The smallest absolute Gasteiger partial charge is 0.316 e. The zero-order valence-electron chi connectivity index (χ0n) is 16.3. The molecule has 2 aliphatic heterocycles. The number of carbonyl (C=O) groups is 1. The predicted octanol–water partition coefficient (Wildman–Crippen LogP) is 3.19. The highest BCUT2D eigenvalue weighted by Crippen LogP contribution is 2.44. The van der Waals surface area contributed by atoms with Crippen LogP contribution < -0.4 is 0 Å². The fourth-order valence-electron chi connectivity index (χ4n) is 4.82. The van der Waals surface area contributed by atoms with Crippen molar-refractivity contribution < 1.29 is 24.6 Å². The van der Waals surface area contributed by atoms with Crippen LogP contribution in [0.5, 0.6) is 0 Å². The molecule has 1 aromatic rings. The van der Waals surface area contributed by atoms with Gasteiger partial charge in [-0.3, -0.25) is 4.79 Å². The van der Waals surface area contributed by atoms with Crippen LogP contribution in [-0.2, 0) is 9.53 Å². The van der Waals surface area contributed by atoms with Gasteiger partial charge < -0.3 is 19.8 Å². The maximum atomic E-state index is 12.6. The van der Waals surface area contributed by atoms with Crippen molar-refractivity contribution in [1.29, 1.82) is 0 Å². The number of quaternary nitrogens is 1. The predicted molar refractivity (Wildman–Crippen MR) is 118 cm³/mol. The molecule has 3 unspecified atom stereocenters. The third-order valence-electron chi connectivity index (χ3n) is 6.54. The van der Waals surface area contributed by atoms with Gasteiger partial charge in [0.2, 0.25) is 0 Å². The maximum Gasteiger partial charge on any atom is 0.316 e. The number of benzene rings is 1. The summed E-state index contributed by atoms with van der Waals surface area (Å²) in [5, 5.41) is 9.65. The van der Waals surface area contributed by atoms with Gasteiger partial charge >= 0.3 is 5.97 Å². The summed E-state index contributed by atoms with van der Waals surface area (Å²) in [5.74, 6) is -0.856. The van der Waals surface area contributed by atoms with E-state index in [-0.39, 0.29) is 58.1 Å². The highest BCUT2D eigenvalue weighted by molar-refractivity contribution is 8.93. The van der Waals surface area contributed by atoms with E-state index in [4.69, 9.17) is 4.74 Å². The maximum absolute atomic E-state index is 12.6. The zero-order chi connectivity index (χ0) is 17.3. The van der Waals surface area contributed by atoms with Crippen molar-refractivity contribution in [3.8, 4) is 0 Å². The number of carbonyl (C=O) groups excluding carboxylic acids is 1. The first kappa shape index (κ1) is 26.5. The lowest BCUT2D eigenvalue weighted by Crippen LogP contribution is -2.62. The Labute approximate surface area is 183 Å². The molecule has 0 saturated carbocycles. The second kappa shape index (κ2) is 10.9. The average Bonchev–Trinajstić information content (AvgIpc) is 2.74. The number of nitrogens with zero attached hydrogens (tertiary/aromatic N) is 1. The lowest BCUT2D eigenvalue weighted by Gasteiger charge is -2.49. The Balaban J connectivity index is 0.00000225. The minimum absolute atomic E-state index is 0. The van der Waals surface area contributed by atoms with Crippen LogP contribution in [0.4, 0.5) is 0 Å². The molecule has 2 bridgehead atoms. The topological polar surface area (TPSA) is 78.0 Å². The standard InChI is InChI=1S/C20H30NO3.2BrH.H2O/c1-14(2)21(3)16-9-10-17(21)12-18(11-16)24-20(23)19(13-22)15-7-5-4-6-8-15;;;/h4-8,14,16-19,22H,9-13H2,1-3H3;2*1H;1H2/q+1;;;/t16-,17+,18?,19?,21?;;;. The molecule has 3 rings (SSSR count). The molecule has 2 fully saturated rings. The SMILES string of the molecule is Br.Br.CC(C)[N+]1(C)[C@@H]2CC[C@H]1CC(OC(=O)C(CO)c1ccccc1)C2.O. The number of ether oxygens (including phenoxy) is 1. The second-order valence-corrected chi connectivity index (χ2v) is 7.88. The van der Waals surface area contributed by atoms with Crippen molar-refractivity contribution in [2.75, 3.05) is 13.7 Å². The number of hydrogen-bond donors (Lipinski definition) is 1. The molecule has 2 aliphatic rings. The summed E-state index contributed by atoms with van der Waals surface area (Å²) >= 11 is 0. The molecule has 5 nitrogen and oxygen atoms in total. The first-order valence-corrected chi connectivity index (χ1v) is 9.18. The Hall–Kier alpha value is -0.470.